The number of hydrogen-bond acceptors (Lipinski definition) is 5. The number of aromatic amines is 1. The number of fused-ring (bicyclic) bond motifs is 4. The van der Waals surface area contributed by atoms with Crippen LogP contribution < -0.4 is 0 Å². The predicted octanol–water partition coefficient (Wildman–Crippen LogP) is 2.57. The standard InChI is InChI=1S/C13H7N5O2/c19-18(20)7-3-4-9-8(6-7)11-13(16-9)17-12-10(15-11)2-1-5-14-12/h1-6H,(H,14,16,17). The van der Waals surface area contributed by atoms with Gasteiger partial charge in [0.2, 0.25) is 0 Å². The van der Waals surface area contributed by atoms with E-state index in [9.17, 15) is 10.1 Å². The van der Waals surface area contributed by atoms with E-state index in [1.165, 1.54) is 12.1 Å². The number of non-ortho nitro benzene ring substituents is 1. The number of benzene rings is 1. The van der Waals surface area contributed by atoms with Crippen LogP contribution in [-0.2, 0) is 0 Å². The van der Waals surface area contributed by atoms with Gasteiger partial charge in [0.15, 0.2) is 11.3 Å². The maximum atomic E-state index is 10.9. The van der Waals surface area contributed by atoms with E-state index in [0.717, 1.165) is 5.52 Å². The average Bonchev–Trinajstić information content (AvgIpc) is 2.81. The zero-order valence-corrected chi connectivity index (χ0v) is 10.1. The summed E-state index contributed by atoms with van der Waals surface area (Å²) in [4.78, 5) is 26.6. The Morgan fingerprint density at radius 3 is 2.95 bits per heavy atom. The first kappa shape index (κ1) is 10.8. The second-order valence-corrected chi connectivity index (χ2v) is 4.38. The highest BCUT2D eigenvalue weighted by Gasteiger charge is 2.13. The number of nitrogens with one attached hydrogen (secondary N) is 1. The fourth-order valence-corrected chi connectivity index (χ4v) is 2.25. The van der Waals surface area contributed by atoms with Crippen LogP contribution in [0.2, 0.25) is 0 Å². The van der Waals surface area contributed by atoms with E-state index in [-0.39, 0.29) is 5.69 Å². The molecule has 0 unspecified atom stereocenters. The van der Waals surface area contributed by atoms with Gasteiger partial charge in [0.25, 0.3) is 5.69 Å². The number of nitro groups is 1. The van der Waals surface area contributed by atoms with Crippen LogP contribution in [0.5, 0.6) is 0 Å². The fraction of sp³-hybridized carbons (Fsp3) is 0. The SMILES string of the molecule is O=[N+]([O-])c1ccc2[nH]c3nc4ncccc4nc3c2c1. The number of hydrogen-bond donors (Lipinski definition) is 1. The van der Waals surface area contributed by atoms with Crippen molar-refractivity contribution in [2.24, 2.45) is 0 Å². The molecule has 3 aromatic heterocycles. The van der Waals surface area contributed by atoms with Crippen LogP contribution in [0.25, 0.3) is 33.2 Å². The molecule has 7 nitrogen and oxygen atoms in total. The predicted molar refractivity (Wildman–Crippen MR) is 73.4 cm³/mol. The van der Waals surface area contributed by atoms with E-state index < -0.39 is 4.92 Å². The lowest BCUT2D eigenvalue weighted by atomic mass is 10.2. The molecule has 7 heteroatoms. The van der Waals surface area contributed by atoms with Gasteiger partial charge >= 0.3 is 0 Å². The van der Waals surface area contributed by atoms with Gasteiger partial charge < -0.3 is 4.98 Å². The molecule has 3 heterocycles. The molecule has 0 radical (unpaired) electrons. The Balaban J connectivity index is 2.15. The van der Waals surface area contributed by atoms with E-state index in [1.807, 2.05) is 6.07 Å². The Hall–Kier alpha value is -3.09. The van der Waals surface area contributed by atoms with Crippen molar-refractivity contribution in [1.82, 2.24) is 19.9 Å². The molecule has 0 spiro atoms. The highest BCUT2D eigenvalue weighted by molar-refractivity contribution is 6.06. The minimum absolute atomic E-state index is 0.0338. The molecule has 0 atom stereocenters. The average molecular weight is 265 g/mol. The summed E-state index contributed by atoms with van der Waals surface area (Å²) in [5.41, 5.74) is 3.19. The van der Waals surface area contributed by atoms with Crippen LogP contribution in [-0.4, -0.2) is 24.9 Å². The number of pyridine rings is 1. The Morgan fingerprint density at radius 1 is 1.20 bits per heavy atom. The van der Waals surface area contributed by atoms with E-state index in [0.29, 0.717) is 27.7 Å². The van der Waals surface area contributed by atoms with Crippen molar-refractivity contribution in [1.29, 1.82) is 0 Å². The van der Waals surface area contributed by atoms with Gasteiger partial charge in [-0.15, -0.1) is 0 Å². The van der Waals surface area contributed by atoms with Gasteiger partial charge in [0, 0.05) is 29.2 Å². The molecule has 96 valence electrons. The second kappa shape index (κ2) is 3.70. The lowest BCUT2D eigenvalue weighted by Gasteiger charge is -1.95. The van der Waals surface area contributed by atoms with Crippen molar-refractivity contribution in [3.8, 4) is 0 Å². The zero-order chi connectivity index (χ0) is 13.7. The molecule has 1 N–H and O–H groups in total. The van der Waals surface area contributed by atoms with E-state index >= 15 is 0 Å². The largest absolute Gasteiger partial charge is 0.338 e. The maximum absolute atomic E-state index is 10.9. The number of nitro benzene ring substituents is 1. The number of aromatic nitrogens is 4. The minimum atomic E-state index is -0.422. The third-order valence-corrected chi connectivity index (χ3v) is 3.16. The Labute approximate surface area is 111 Å². The summed E-state index contributed by atoms with van der Waals surface area (Å²) >= 11 is 0. The van der Waals surface area contributed by atoms with Crippen molar-refractivity contribution in [3.63, 3.8) is 0 Å². The summed E-state index contributed by atoms with van der Waals surface area (Å²) in [6.07, 6.45) is 1.65. The van der Waals surface area contributed by atoms with Crippen molar-refractivity contribution in [3.05, 3.63) is 46.6 Å². The Morgan fingerprint density at radius 2 is 2.10 bits per heavy atom. The zero-order valence-electron chi connectivity index (χ0n) is 10.1. The van der Waals surface area contributed by atoms with Gasteiger partial charge in [-0.1, -0.05) is 0 Å². The highest BCUT2D eigenvalue weighted by atomic mass is 16.6. The van der Waals surface area contributed by atoms with Crippen molar-refractivity contribution < 1.29 is 4.92 Å². The molecule has 20 heavy (non-hydrogen) atoms. The van der Waals surface area contributed by atoms with E-state index in [1.54, 1.807) is 18.3 Å². The molecule has 0 amide bonds. The summed E-state index contributed by atoms with van der Waals surface area (Å²) in [7, 11) is 0. The molecular weight excluding hydrogens is 258 g/mol. The minimum Gasteiger partial charge on any atom is -0.338 e. The molecule has 1 aromatic carbocycles. The summed E-state index contributed by atoms with van der Waals surface area (Å²) in [5.74, 6) is 0. The summed E-state index contributed by atoms with van der Waals surface area (Å²) in [5, 5.41) is 11.6. The third-order valence-electron chi connectivity index (χ3n) is 3.16. The van der Waals surface area contributed by atoms with Crippen molar-refractivity contribution in [2.45, 2.75) is 0 Å². The lowest BCUT2D eigenvalue weighted by molar-refractivity contribution is -0.384. The van der Waals surface area contributed by atoms with Crippen LogP contribution in [0, 0.1) is 10.1 Å². The van der Waals surface area contributed by atoms with Crippen LogP contribution in [0.4, 0.5) is 5.69 Å². The topological polar surface area (TPSA) is 97.6 Å². The first-order valence-corrected chi connectivity index (χ1v) is 5.91. The second-order valence-electron chi connectivity index (χ2n) is 4.38. The van der Waals surface area contributed by atoms with Crippen LogP contribution in [0.3, 0.4) is 0 Å². The van der Waals surface area contributed by atoms with Gasteiger partial charge in [0.1, 0.15) is 11.0 Å². The lowest BCUT2D eigenvalue weighted by Crippen LogP contribution is -1.88. The molecule has 4 rings (SSSR count). The van der Waals surface area contributed by atoms with Gasteiger partial charge in [-0.2, -0.15) is 0 Å². The first-order valence-electron chi connectivity index (χ1n) is 5.91. The summed E-state index contributed by atoms with van der Waals surface area (Å²) < 4.78 is 0. The number of nitrogens with zero attached hydrogens (tertiary/aromatic N) is 4. The van der Waals surface area contributed by atoms with Crippen LogP contribution in [0.1, 0.15) is 0 Å². The summed E-state index contributed by atoms with van der Waals surface area (Å²) in [6.45, 7) is 0. The molecule has 0 aliphatic carbocycles. The Kier molecular flexibility index (Phi) is 2.00. The molecule has 4 aromatic rings. The molecule has 0 saturated heterocycles. The number of H-pyrrole nitrogens is 1. The van der Waals surface area contributed by atoms with E-state index in [4.69, 9.17) is 0 Å². The molecule has 0 bridgehead atoms. The number of rotatable bonds is 1. The van der Waals surface area contributed by atoms with Gasteiger partial charge in [-0.05, 0) is 18.2 Å². The normalized spacial score (nSPS) is 11.4. The molecule has 0 aliphatic rings. The van der Waals surface area contributed by atoms with Crippen molar-refractivity contribution in [2.75, 3.05) is 0 Å². The van der Waals surface area contributed by atoms with Crippen LogP contribution >= 0.6 is 0 Å². The fourth-order valence-electron chi connectivity index (χ4n) is 2.25. The van der Waals surface area contributed by atoms with Gasteiger partial charge in [-0.25, -0.2) is 15.0 Å². The molecule has 0 saturated carbocycles. The monoisotopic (exact) mass is 265 g/mol. The molecule has 0 aliphatic heterocycles. The van der Waals surface area contributed by atoms with Crippen molar-refractivity contribution >= 4 is 38.9 Å². The van der Waals surface area contributed by atoms with E-state index in [2.05, 4.69) is 19.9 Å². The first-order chi connectivity index (χ1) is 9.72. The maximum Gasteiger partial charge on any atom is 0.270 e. The quantitative estimate of drug-likeness (QED) is 0.421. The highest BCUT2D eigenvalue weighted by Crippen LogP contribution is 2.27. The molecular formula is C13H7N5O2. The van der Waals surface area contributed by atoms with Gasteiger partial charge in [-0.3, -0.25) is 10.1 Å². The summed E-state index contributed by atoms with van der Waals surface area (Å²) in [6, 6.07) is 8.21. The van der Waals surface area contributed by atoms with Crippen LogP contribution in [0.15, 0.2) is 36.5 Å². The Bertz CT molecular complexity index is 992. The molecule has 0 fully saturated rings. The smallest absolute Gasteiger partial charge is 0.270 e. The van der Waals surface area contributed by atoms with Gasteiger partial charge in [0.05, 0.1) is 4.92 Å². The third kappa shape index (κ3) is 1.43.